The van der Waals surface area contributed by atoms with Crippen molar-refractivity contribution in [3.8, 4) is 5.75 Å². The maximum Gasteiger partial charge on any atom is 0.341 e. The van der Waals surface area contributed by atoms with Gasteiger partial charge in [0.2, 0.25) is 5.43 Å². The summed E-state index contributed by atoms with van der Waals surface area (Å²) in [4.78, 5) is 26.0. The number of pyridine rings is 1. The van der Waals surface area contributed by atoms with Crippen LogP contribution in [0.25, 0.3) is 10.9 Å². The number of hydrogen-bond acceptors (Lipinski definition) is 6. The molecule has 0 radical (unpaired) electrons. The number of hydrogen-bond donors (Lipinski definition) is 2. The highest BCUT2D eigenvalue weighted by atomic mass is 35.5. The number of carbonyl (C=O) groups is 1. The maximum absolute atomic E-state index is 15.2. The van der Waals surface area contributed by atoms with Crippen molar-refractivity contribution >= 4 is 35.0 Å². The van der Waals surface area contributed by atoms with Gasteiger partial charge >= 0.3 is 5.97 Å². The summed E-state index contributed by atoms with van der Waals surface area (Å²) in [5, 5.41) is 9.41. The average Bonchev–Trinajstić information content (AvgIpc) is 3.45. The fourth-order valence-corrected chi connectivity index (χ4v) is 4.10. The van der Waals surface area contributed by atoms with Crippen LogP contribution in [0.2, 0.25) is 0 Å². The van der Waals surface area contributed by atoms with Crippen LogP contribution in [-0.2, 0) is 4.74 Å². The minimum Gasteiger partial charge on any atom is -0.492 e. The molecular formula is C20H27ClFN3O6. The number of carboxylic acid groups (broad SMARTS) is 1. The summed E-state index contributed by atoms with van der Waals surface area (Å²) in [6, 6.07) is 0.885. The van der Waals surface area contributed by atoms with Gasteiger partial charge in [-0.15, -0.1) is 12.4 Å². The van der Waals surface area contributed by atoms with Crippen LogP contribution in [0, 0.1) is 5.82 Å². The molecule has 1 saturated carbocycles. The Kier molecular flexibility index (Phi) is 7.53. The van der Waals surface area contributed by atoms with Gasteiger partial charge in [0.15, 0.2) is 11.6 Å². The van der Waals surface area contributed by atoms with Crippen LogP contribution < -0.4 is 20.8 Å². The molecule has 11 heteroatoms. The standard InChI is InChI=1S/C20H24FN3O5.ClH.H2O/c1-3-29-15-9-23(8-14(15)22)17-13(21)6-11-16(19(17)28-2)24(10-4-5-10)7-12(18(11)25)20(26)27;;/h6-7,10,14-15H,3-5,8-9,22H2,1-2H3,(H,26,27);1H;1H2. The Morgan fingerprint density at radius 1 is 1.35 bits per heavy atom. The topological polar surface area (TPSA) is 139 Å². The van der Waals surface area contributed by atoms with E-state index in [1.807, 2.05) is 6.92 Å². The zero-order valence-electron chi connectivity index (χ0n) is 17.3. The van der Waals surface area contributed by atoms with Gasteiger partial charge in [-0.3, -0.25) is 4.79 Å². The van der Waals surface area contributed by atoms with Crippen LogP contribution in [0.15, 0.2) is 17.1 Å². The number of halogens is 2. The van der Waals surface area contributed by atoms with Crippen molar-refractivity contribution in [1.82, 2.24) is 4.57 Å². The molecule has 1 aliphatic carbocycles. The minimum atomic E-state index is -1.33. The van der Waals surface area contributed by atoms with Gasteiger partial charge < -0.3 is 35.3 Å². The average molecular weight is 460 g/mol. The van der Waals surface area contributed by atoms with Crippen molar-refractivity contribution in [2.75, 3.05) is 31.7 Å². The number of carboxylic acids is 1. The molecule has 1 saturated heterocycles. The van der Waals surface area contributed by atoms with Gasteiger partial charge in [0.25, 0.3) is 0 Å². The molecule has 31 heavy (non-hydrogen) atoms. The molecule has 0 spiro atoms. The molecule has 9 nitrogen and oxygen atoms in total. The molecule has 2 aromatic rings. The molecule has 2 fully saturated rings. The third-order valence-corrected chi connectivity index (χ3v) is 5.58. The Morgan fingerprint density at radius 2 is 2.03 bits per heavy atom. The van der Waals surface area contributed by atoms with Crippen LogP contribution in [0.5, 0.6) is 5.75 Å². The number of aromatic nitrogens is 1. The smallest absolute Gasteiger partial charge is 0.341 e. The summed E-state index contributed by atoms with van der Waals surface area (Å²) >= 11 is 0. The van der Waals surface area contributed by atoms with E-state index in [0.29, 0.717) is 25.2 Å². The molecule has 2 heterocycles. The first kappa shape index (κ1) is 24.9. The van der Waals surface area contributed by atoms with Crippen LogP contribution in [0.3, 0.4) is 0 Å². The number of anilines is 1. The molecule has 1 aromatic carbocycles. The highest BCUT2D eigenvalue weighted by molar-refractivity contribution is 5.97. The van der Waals surface area contributed by atoms with Crippen LogP contribution >= 0.6 is 12.4 Å². The first-order chi connectivity index (χ1) is 13.9. The number of methoxy groups -OCH3 is 1. The number of benzene rings is 1. The summed E-state index contributed by atoms with van der Waals surface area (Å²) in [5.74, 6) is -1.77. The molecule has 2 aliphatic rings. The van der Waals surface area contributed by atoms with Gasteiger partial charge in [-0.2, -0.15) is 0 Å². The van der Waals surface area contributed by atoms with Crippen molar-refractivity contribution in [3.05, 3.63) is 33.9 Å². The van der Waals surface area contributed by atoms with E-state index in [-0.39, 0.29) is 58.5 Å². The Morgan fingerprint density at radius 3 is 2.58 bits per heavy atom. The van der Waals surface area contributed by atoms with E-state index < -0.39 is 17.2 Å². The number of fused-ring (bicyclic) bond motifs is 1. The van der Waals surface area contributed by atoms with Crippen LogP contribution in [0.1, 0.15) is 36.2 Å². The van der Waals surface area contributed by atoms with Crippen molar-refractivity contribution in [2.45, 2.75) is 38.0 Å². The van der Waals surface area contributed by atoms with E-state index in [2.05, 4.69) is 0 Å². The second-order valence-corrected chi connectivity index (χ2v) is 7.51. The lowest BCUT2D eigenvalue weighted by molar-refractivity contribution is 0.0679. The normalized spacial score (nSPS) is 20.3. The summed E-state index contributed by atoms with van der Waals surface area (Å²) < 4.78 is 28.2. The maximum atomic E-state index is 15.2. The highest BCUT2D eigenvalue weighted by Gasteiger charge is 2.36. The predicted molar refractivity (Wildman–Crippen MR) is 116 cm³/mol. The second-order valence-electron chi connectivity index (χ2n) is 7.51. The van der Waals surface area contributed by atoms with Crippen LogP contribution in [-0.4, -0.2) is 60.1 Å². The number of ether oxygens (including phenoxy) is 2. The van der Waals surface area contributed by atoms with E-state index in [4.69, 9.17) is 15.2 Å². The molecule has 2 atom stereocenters. The van der Waals surface area contributed by atoms with Gasteiger partial charge in [0, 0.05) is 31.9 Å². The van der Waals surface area contributed by atoms with Gasteiger partial charge in [-0.05, 0) is 25.8 Å². The van der Waals surface area contributed by atoms with Crippen molar-refractivity contribution in [1.29, 1.82) is 0 Å². The van der Waals surface area contributed by atoms with Gasteiger partial charge in [0.05, 0.1) is 30.2 Å². The molecule has 0 amide bonds. The quantitative estimate of drug-likeness (QED) is 0.664. The van der Waals surface area contributed by atoms with E-state index >= 15 is 4.39 Å². The van der Waals surface area contributed by atoms with Crippen molar-refractivity contribution in [2.24, 2.45) is 5.73 Å². The SMILES string of the molecule is CCOC1CN(c2c(F)cc3c(=O)c(C(=O)O)cn(C4CC4)c3c2OC)CC1N.Cl.O. The second kappa shape index (κ2) is 9.39. The number of nitrogens with zero attached hydrogens (tertiary/aromatic N) is 2. The van der Waals surface area contributed by atoms with Crippen molar-refractivity contribution < 1.29 is 29.2 Å². The third-order valence-electron chi connectivity index (χ3n) is 5.58. The van der Waals surface area contributed by atoms with E-state index in [9.17, 15) is 14.7 Å². The molecule has 1 aliphatic heterocycles. The molecule has 4 rings (SSSR count). The summed E-state index contributed by atoms with van der Waals surface area (Å²) in [5.41, 5.74) is 5.69. The lowest BCUT2D eigenvalue weighted by atomic mass is 10.1. The zero-order valence-corrected chi connectivity index (χ0v) is 18.1. The van der Waals surface area contributed by atoms with Crippen molar-refractivity contribution in [3.63, 3.8) is 0 Å². The molecule has 2 unspecified atom stereocenters. The minimum absolute atomic E-state index is 0. The van der Waals surface area contributed by atoms with E-state index in [1.54, 1.807) is 9.47 Å². The Balaban J connectivity index is 0.00000171. The number of nitrogens with two attached hydrogens (primary N) is 1. The fourth-order valence-electron chi connectivity index (χ4n) is 4.10. The molecular weight excluding hydrogens is 433 g/mol. The molecule has 5 N–H and O–H groups in total. The number of aromatic carboxylic acids is 1. The summed E-state index contributed by atoms with van der Waals surface area (Å²) in [7, 11) is 1.42. The van der Waals surface area contributed by atoms with Gasteiger partial charge in [0.1, 0.15) is 11.3 Å². The molecule has 0 bridgehead atoms. The Hall–Kier alpha value is -2.40. The van der Waals surface area contributed by atoms with Crippen LogP contribution in [0.4, 0.5) is 10.1 Å². The fraction of sp³-hybridized carbons (Fsp3) is 0.500. The Labute approximate surface area is 184 Å². The van der Waals surface area contributed by atoms with E-state index in [1.165, 1.54) is 13.3 Å². The first-order valence-corrected chi connectivity index (χ1v) is 9.68. The van der Waals surface area contributed by atoms with Gasteiger partial charge in [-0.1, -0.05) is 0 Å². The zero-order chi connectivity index (χ0) is 20.9. The lowest BCUT2D eigenvalue weighted by Crippen LogP contribution is -2.35. The molecule has 1 aromatic heterocycles. The van der Waals surface area contributed by atoms with Gasteiger partial charge in [-0.25, -0.2) is 9.18 Å². The highest BCUT2D eigenvalue weighted by Crippen LogP contribution is 2.44. The summed E-state index contributed by atoms with van der Waals surface area (Å²) in [6.07, 6.45) is 2.81. The van der Waals surface area contributed by atoms with E-state index in [0.717, 1.165) is 18.9 Å². The molecule has 172 valence electrons. The lowest BCUT2D eigenvalue weighted by Gasteiger charge is -2.24. The third kappa shape index (κ3) is 4.20. The monoisotopic (exact) mass is 459 g/mol. The first-order valence-electron chi connectivity index (χ1n) is 9.68. The largest absolute Gasteiger partial charge is 0.492 e. The predicted octanol–water partition coefficient (Wildman–Crippen LogP) is 1.33. The number of rotatable bonds is 6. The summed E-state index contributed by atoms with van der Waals surface area (Å²) in [6.45, 7) is 3.16. The Bertz CT molecular complexity index is 1040.